The maximum absolute atomic E-state index is 11.8. The van der Waals surface area contributed by atoms with E-state index >= 15 is 0 Å². The third kappa shape index (κ3) is 0.836. The fraction of sp³-hybridized carbons (Fsp3) is 0.909. The van der Waals surface area contributed by atoms with Crippen molar-refractivity contribution in [2.75, 3.05) is 7.11 Å². The van der Waals surface area contributed by atoms with Crippen LogP contribution in [-0.4, -0.2) is 36.9 Å². The molecule has 0 radical (unpaired) electrons. The number of methoxy groups -OCH3 is 1. The molecule has 1 unspecified atom stereocenters. The summed E-state index contributed by atoms with van der Waals surface area (Å²) in [6.07, 6.45) is -0.138. The number of hydrogen-bond donors (Lipinski definition) is 1. The maximum atomic E-state index is 11.8. The lowest BCUT2D eigenvalue weighted by atomic mass is 9.75. The van der Waals surface area contributed by atoms with E-state index < -0.39 is 6.29 Å². The summed E-state index contributed by atoms with van der Waals surface area (Å²) in [5, 5.41) is 9.83. The molecule has 4 fully saturated rings. The Morgan fingerprint density at radius 2 is 2.12 bits per heavy atom. The molecular formula is C11H14O5. The molecule has 2 bridgehead atoms. The van der Waals surface area contributed by atoms with Crippen molar-refractivity contribution in [2.24, 2.45) is 29.6 Å². The Balaban J connectivity index is 1.74. The molecule has 1 N–H and O–H groups in total. The van der Waals surface area contributed by atoms with Gasteiger partial charge in [0.1, 0.15) is 0 Å². The van der Waals surface area contributed by atoms with Crippen LogP contribution in [0.5, 0.6) is 0 Å². The first-order chi connectivity index (χ1) is 7.72. The zero-order valence-corrected chi connectivity index (χ0v) is 8.91. The van der Waals surface area contributed by atoms with Gasteiger partial charge in [-0.15, -0.1) is 0 Å². The van der Waals surface area contributed by atoms with Crippen LogP contribution in [0, 0.1) is 29.6 Å². The number of esters is 1. The molecule has 4 rings (SSSR count). The van der Waals surface area contributed by atoms with Crippen molar-refractivity contribution in [2.45, 2.75) is 25.1 Å². The minimum absolute atomic E-state index is 0.0452. The smallest absolute Gasteiger partial charge is 0.311 e. The molecule has 0 aromatic rings. The Morgan fingerprint density at radius 3 is 2.88 bits per heavy atom. The molecule has 0 amide bonds. The van der Waals surface area contributed by atoms with E-state index in [-0.39, 0.29) is 36.1 Å². The van der Waals surface area contributed by atoms with E-state index in [1.807, 2.05) is 0 Å². The monoisotopic (exact) mass is 226 g/mol. The van der Waals surface area contributed by atoms with Crippen LogP contribution in [0.2, 0.25) is 0 Å². The molecule has 16 heavy (non-hydrogen) atoms. The summed E-state index contributed by atoms with van der Waals surface area (Å²) in [6, 6.07) is 0. The van der Waals surface area contributed by atoms with Crippen molar-refractivity contribution in [3.63, 3.8) is 0 Å². The van der Waals surface area contributed by atoms with Gasteiger partial charge in [-0.2, -0.15) is 0 Å². The van der Waals surface area contributed by atoms with Gasteiger partial charge < -0.3 is 19.3 Å². The predicted molar refractivity (Wildman–Crippen MR) is 49.8 cm³/mol. The van der Waals surface area contributed by atoms with E-state index in [1.165, 1.54) is 7.11 Å². The molecule has 0 spiro atoms. The minimum atomic E-state index is -0.765. The Hall–Kier alpha value is -0.650. The molecular weight excluding hydrogens is 212 g/mol. The van der Waals surface area contributed by atoms with Gasteiger partial charge in [-0.25, -0.2) is 0 Å². The Labute approximate surface area is 92.7 Å². The van der Waals surface area contributed by atoms with Crippen molar-refractivity contribution >= 4 is 5.97 Å². The van der Waals surface area contributed by atoms with E-state index in [4.69, 9.17) is 14.2 Å². The van der Waals surface area contributed by atoms with Crippen molar-refractivity contribution in [3.8, 4) is 0 Å². The average molecular weight is 226 g/mol. The van der Waals surface area contributed by atoms with Gasteiger partial charge in [-0.1, -0.05) is 0 Å². The van der Waals surface area contributed by atoms with E-state index in [1.54, 1.807) is 0 Å². The molecule has 88 valence electrons. The SMILES string of the molecule is COC(=O)[C@@H]1C2O[C@H]3O[C@H](O)[C@H]4[C@@H]1C[C@@H]2[C@@H]34. The number of carbonyl (C=O) groups excluding carboxylic acids is 1. The highest BCUT2D eigenvalue weighted by Gasteiger charge is 2.72. The van der Waals surface area contributed by atoms with E-state index in [0.717, 1.165) is 6.42 Å². The molecule has 5 heteroatoms. The van der Waals surface area contributed by atoms with Crippen LogP contribution in [0.1, 0.15) is 6.42 Å². The fourth-order valence-electron chi connectivity index (χ4n) is 4.46. The number of aliphatic hydroxyl groups excluding tert-OH is 1. The topological polar surface area (TPSA) is 65.0 Å². The standard InChI is InChI=1S/C11H14O5/c1-14-9(12)7-3-2-4-6-5(3)10(13)16-11(6)15-8(4)7/h3-8,10-11,13H,2H2,1H3/t3-,4+,5-,6+,7-,8?,10-,11-/m0/s1. The van der Waals surface area contributed by atoms with Gasteiger partial charge in [-0.3, -0.25) is 4.79 Å². The predicted octanol–water partition coefficient (Wildman–Crippen LogP) is -0.269. The lowest BCUT2D eigenvalue weighted by Crippen LogP contribution is -2.41. The highest BCUT2D eigenvalue weighted by atomic mass is 16.7. The number of fused-ring (bicyclic) bond motifs is 2. The zero-order valence-electron chi connectivity index (χ0n) is 8.91. The van der Waals surface area contributed by atoms with E-state index in [0.29, 0.717) is 11.8 Å². The molecule has 4 aliphatic rings. The van der Waals surface area contributed by atoms with Gasteiger partial charge in [0.2, 0.25) is 0 Å². The first-order valence-electron chi connectivity index (χ1n) is 5.79. The van der Waals surface area contributed by atoms with Gasteiger partial charge in [0.15, 0.2) is 12.6 Å². The summed E-state index contributed by atoms with van der Waals surface area (Å²) in [4.78, 5) is 11.8. The number of hydrogen-bond acceptors (Lipinski definition) is 5. The van der Waals surface area contributed by atoms with Crippen LogP contribution >= 0.6 is 0 Å². The highest BCUT2D eigenvalue weighted by molar-refractivity contribution is 5.74. The van der Waals surface area contributed by atoms with Gasteiger partial charge in [0.05, 0.1) is 19.1 Å². The molecule has 2 heterocycles. The van der Waals surface area contributed by atoms with Crippen LogP contribution < -0.4 is 0 Å². The van der Waals surface area contributed by atoms with Crippen molar-refractivity contribution in [1.82, 2.24) is 0 Å². The lowest BCUT2D eigenvalue weighted by Gasteiger charge is -2.31. The molecule has 2 aliphatic heterocycles. The molecule has 2 saturated heterocycles. The zero-order chi connectivity index (χ0) is 11.0. The lowest BCUT2D eigenvalue weighted by molar-refractivity contribution is -0.218. The van der Waals surface area contributed by atoms with Crippen LogP contribution in [-0.2, 0) is 19.0 Å². The number of ether oxygens (including phenoxy) is 3. The maximum Gasteiger partial charge on any atom is 0.311 e. The fourth-order valence-corrected chi connectivity index (χ4v) is 4.46. The first-order valence-corrected chi connectivity index (χ1v) is 5.79. The van der Waals surface area contributed by atoms with Crippen LogP contribution in [0.4, 0.5) is 0 Å². The molecule has 8 atom stereocenters. The molecule has 2 saturated carbocycles. The minimum Gasteiger partial charge on any atom is -0.469 e. The van der Waals surface area contributed by atoms with Crippen LogP contribution in [0.25, 0.3) is 0 Å². The summed E-state index contributed by atoms with van der Waals surface area (Å²) in [5.74, 6) is 0.524. The summed E-state index contributed by atoms with van der Waals surface area (Å²) < 4.78 is 16.0. The summed E-state index contributed by atoms with van der Waals surface area (Å²) in [7, 11) is 1.41. The first kappa shape index (κ1) is 9.39. The number of rotatable bonds is 1. The second kappa shape index (κ2) is 2.78. The summed E-state index contributed by atoms with van der Waals surface area (Å²) >= 11 is 0. The summed E-state index contributed by atoms with van der Waals surface area (Å²) in [6.45, 7) is 0. The molecule has 5 nitrogen and oxygen atoms in total. The Bertz CT molecular complexity index is 356. The largest absolute Gasteiger partial charge is 0.469 e. The van der Waals surface area contributed by atoms with E-state index in [9.17, 15) is 9.90 Å². The third-order valence-electron chi connectivity index (χ3n) is 4.90. The quantitative estimate of drug-likeness (QED) is 0.623. The number of carbonyl (C=O) groups is 1. The van der Waals surface area contributed by atoms with Crippen LogP contribution in [0.3, 0.4) is 0 Å². The van der Waals surface area contributed by atoms with Gasteiger partial charge in [-0.05, 0) is 18.3 Å². The molecule has 2 aliphatic carbocycles. The van der Waals surface area contributed by atoms with Gasteiger partial charge in [0.25, 0.3) is 0 Å². The van der Waals surface area contributed by atoms with Crippen molar-refractivity contribution in [1.29, 1.82) is 0 Å². The average Bonchev–Trinajstić information content (AvgIpc) is 2.90. The third-order valence-corrected chi connectivity index (χ3v) is 4.90. The molecule has 0 aromatic heterocycles. The van der Waals surface area contributed by atoms with Crippen LogP contribution in [0.15, 0.2) is 0 Å². The van der Waals surface area contributed by atoms with Gasteiger partial charge >= 0.3 is 5.97 Å². The molecule has 0 aromatic carbocycles. The highest BCUT2D eigenvalue weighted by Crippen LogP contribution is 2.66. The second-order valence-electron chi connectivity index (χ2n) is 5.26. The Kier molecular flexibility index (Phi) is 1.63. The second-order valence-corrected chi connectivity index (χ2v) is 5.26. The summed E-state index contributed by atoms with van der Waals surface area (Å²) in [5.41, 5.74) is 0. The Morgan fingerprint density at radius 1 is 1.31 bits per heavy atom. The van der Waals surface area contributed by atoms with Gasteiger partial charge in [0, 0.05) is 11.8 Å². The number of aliphatic hydroxyl groups is 1. The van der Waals surface area contributed by atoms with Crippen molar-refractivity contribution in [3.05, 3.63) is 0 Å². The van der Waals surface area contributed by atoms with Crippen molar-refractivity contribution < 1.29 is 24.1 Å². The van der Waals surface area contributed by atoms with E-state index in [2.05, 4.69) is 0 Å². The normalized spacial score (nSPS) is 60.6.